The zero-order valence-corrected chi connectivity index (χ0v) is 12.3. The summed E-state index contributed by atoms with van der Waals surface area (Å²) in [5.74, 6) is 0. The van der Waals surface area contributed by atoms with Crippen molar-refractivity contribution < 1.29 is 9.31 Å². The second-order valence-corrected chi connectivity index (χ2v) is 6.46. The molecule has 7 heteroatoms. The summed E-state index contributed by atoms with van der Waals surface area (Å²) < 4.78 is 13.7. The second kappa shape index (κ2) is 4.16. The van der Waals surface area contributed by atoms with E-state index < -0.39 is 7.12 Å². The summed E-state index contributed by atoms with van der Waals surface area (Å²) >= 11 is 1.54. The van der Waals surface area contributed by atoms with Gasteiger partial charge in [-0.05, 0) is 33.8 Å². The highest BCUT2D eigenvalue weighted by Gasteiger charge is 2.52. The number of hydrogen-bond donors (Lipinski definition) is 0. The molecule has 2 aromatic heterocycles. The van der Waals surface area contributed by atoms with Gasteiger partial charge in [-0.1, -0.05) is 0 Å². The van der Waals surface area contributed by atoms with Gasteiger partial charge in [0.05, 0.1) is 16.8 Å². The molecule has 0 bridgehead atoms. The van der Waals surface area contributed by atoms with E-state index in [1.54, 1.807) is 10.9 Å². The maximum atomic E-state index is 5.97. The number of nitrogens with zero attached hydrogens (tertiary/aromatic N) is 3. The Labute approximate surface area is 116 Å². The van der Waals surface area contributed by atoms with E-state index in [4.69, 9.17) is 9.31 Å². The predicted molar refractivity (Wildman–Crippen MR) is 75.0 cm³/mol. The van der Waals surface area contributed by atoms with Crippen molar-refractivity contribution in [3.63, 3.8) is 0 Å². The molecule has 3 heterocycles. The van der Waals surface area contributed by atoms with Gasteiger partial charge in [-0.25, -0.2) is 9.67 Å². The summed E-state index contributed by atoms with van der Waals surface area (Å²) in [6.45, 7) is 8.13. The topological polar surface area (TPSA) is 49.2 Å². The summed E-state index contributed by atoms with van der Waals surface area (Å²) in [6, 6.07) is 1.91. The van der Waals surface area contributed by atoms with E-state index in [0.29, 0.717) is 0 Å². The smallest absolute Gasteiger partial charge is 0.398 e. The molecule has 1 aliphatic rings. The summed E-state index contributed by atoms with van der Waals surface area (Å²) in [5, 5.41) is 7.24. The van der Waals surface area contributed by atoms with Gasteiger partial charge in [0.1, 0.15) is 0 Å². The maximum absolute atomic E-state index is 5.97. The molecule has 0 saturated carbocycles. The number of hydrogen-bond acceptors (Lipinski definition) is 5. The molecule has 0 unspecified atom stereocenters. The predicted octanol–water partition coefficient (Wildman–Crippen LogP) is 1.63. The van der Waals surface area contributed by atoms with Gasteiger partial charge in [0.2, 0.25) is 5.13 Å². The van der Waals surface area contributed by atoms with E-state index in [1.165, 1.54) is 11.3 Å². The average Bonchev–Trinajstić information content (AvgIpc) is 3.00. The molecule has 0 spiro atoms. The lowest BCUT2D eigenvalue weighted by Gasteiger charge is -2.32. The Hall–Kier alpha value is -1.18. The standard InChI is InChI=1S/C12H16BN3O2S/c1-11(2)12(3,4)18-13(17-11)9-5-7-16(15-9)10-14-6-8-19-10/h5-8H,1-4H3. The van der Waals surface area contributed by atoms with Gasteiger partial charge in [-0.15, -0.1) is 11.3 Å². The van der Waals surface area contributed by atoms with Crippen LogP contribution in [-0.2, 0) is 9.31 Å². The van der Waals surface area contributed by atoms with Crippen LogP contribution in [-0.4, -0.2) is 33.1 Å². The highest BCUT2D eigenvalue weighted by Crippen LogP contribution is 2.36. The van der Waals surface area contributed by atoms with Crippen molar-refractivity contribution in [1.29, 1.82) is 0 Å². The molecule has 0 radical (unpaired) electrons. The number of thiazole rings is 1. The van der Waals surface area contributed by atoms with Crippen LogP contribution in [0.15, 0.2) is 23.8 Å². The zero-order chi connectivity index (χ0) is 13.7. The van der Waals surface area contributed by atoms with Gasteiger partial charge < -0.3 is 9.31 Å². The Bertz CT molecular complexity index is 564. The average molecular weight is 277 g/mol. The van der Waals surface area contributed by atoms with Gasteiger partial charge in [0.25, 0.3) is 0 Å². The third-order valence-corrected chi connectivity index (χ3v) is 4.48. The third-order valence-electron chi connectivity index (χ3n) is 3.72. The summed E-state index contributed by atoms with van der Waals surface area (Å²) in [5.41, 5.74) is 0.0829. The lowest BCUT2D eigenvalue weighted by molar-refractivity contribution is 0.00578. The molecule has 0 aromatic carbocycles. The molecular formula is C12H16BN3O2S. The van der Waals surface area contributed by atoms with Crippen molar-refractivity contribution >= 4 is 24.0 Å². The molecule has 0 N–H and O–H groups in total. The molecule has 2 aromatic rings. The summed E-state index contributed by atoms with van der Waals surface area (Å²) in [6.07, 6.45) is 3.63. The van der Waals surface area contributed by atoms with Gasteiger partial charge >= 0.3 is 7.12 Å². The maximum Gasteiger partial charge on any atom is 0.516 e. The van der Waals surface area contributed by atoms with E-state index in [0.717, 1.165) is 10.7 Å². The van der Waals surface area contributed by atoms with Crippen LogP contribution >= 0.6 is 11.3 Å². The quantitative estimate of drug-likeness (QED) is 0.783. The van der Waals surface area contributed by atoms with Crippen LogP contribution in [0.1, 0.15) is 27.7 Å². The van der Waals surface area contributed by atoms with Crippen LogP contribution in [0.25, 0.3) is 5.13 Å². The molecule has 0 atom stereocenters. The Morgan fingerprint density at radius 1 is 1.21 bits per heavy atom. The minimum atomic E-state index is -0.425. The fourth-order valence-electron chi connectivity index (χ4n) is 1.86. The van der Waals surface area contributed by atoms with E-state index in [9.17, 15) is 0 Å². The molecule has 1 saturated heterocycles. The van der Waals surface area contributed by atoms with Crippen LogP contribution in [0.3, 0.4) is 0 Å². The molecule has 19 heavy (non-hydrogen) atoms. The molecule has 0 aliphatic carbocycles. The number of aromatic nitrogens is 3. The van der Waals surface area contributed by atoms with Gasteiger partial charge in [-0.2, -0.15) is 5.10 Å². The fourth-order valence-corrected chi connectivity index (χ4v) is 2.44. The molecule has 3 rings (SSSR count). The van der Waals surface area contributed by atoms with Crippen molar-refractivity contribution in [1.82, 2.24) is 14.8 Å². The normalized spacial score (nSPS) is 20.9. The van der Waals surface area contributed by atoms with Crippen LogP contribution in [0, 0.1) is 0 Å². The summed E-state index contributed by atoms with van der Waals surface area (Å²) in [4.78, 5) is 4.22. The Balaban J connectivity index is 1.85. The highest BCUT2D eigenvalue weighted by molar-refractivity contribution is 7.12. The number of rotatable bonds is 2. The highest BCUT2D eigenvalue weighted by atomic mass is 32.1. The molecule has 5 nitrogen and oxygen atoms in total. The fraction of sp³-hybridized carbons (Fsp3) is 0.500. The van der Waals surface area contributed by atoms with Crippen molar-refractivity contribution in [3.8, 4) is 5.13 Å². The van der Waals surface area contributed by atoms with Gasteiger partial charge in [0, 0.05) is 17.8 Å². The molecular weight excluding hydrogens is 261 g/mol. The van der Waals surface area contributed by atoms with Crippen molar-refractivity contribution in [2.24, 2.45) is 0 Å². The van der Waals surface area contributed by atoms with E-state index in [-0.39, 0.29) is 11.2 Å². The monoisotopic (exact) mass is 277 g/mol. The van der Waals surface area contributed by atoms with Crippen molar-refractivity contribution in [3.05, 3.63) is 23.8 Å². The lowest BCUT2D eigenvalue weighted by atomic mass is 9.85. The molecule has 0 amide bonds. The largest absolute Gasteiger partial charge is 0.516 e. The van der Waals surface area contributed by atoms with Crippen molar-refractivity contribution in [2.75, 3.05) is 0 Å². The first-order valence-corrected chi connectivity index (χ1v) is 7.08. The first-order valence-electron chi connectivity index (χ1n) is 6.20. The molecule has 100 valence electrons. The Morgan fingerprint density at radius 2 is 1.89 bits per heavy atom. The third kappa shape index (κ3) is 2.11. The van der Waals surface area contributed by atoms with Crippen LogP contribution in [0.4, 0.5) is 0 Å². The lowest BCUT2D eigenvalue weighted by Crippen LogP contribution is -2.41. The van der Waals surface area contributed by atoms with Gasteiger partial charge in [-0.3, -0.25) is 0 Å². The molecule has 1 aliphatic heterocycles. The van der Waals surface area contributed by atoms with E-state index >= 15 is 0 Å². The van der Waals surface area contributed by atoms with Gasteiger partial charge in [0.15, 0.2) is 0 Å². The first-order chi connectivity index (χ1) is 8.89. The van der Waals surface area contributed by atoms with Crippen LogP contribution in [0.5, 0.6) is 0 Å². The molecule has 1 fully saturated rings. The minimum Gasteiger partial charge on any atom is -0.398 e. The van der Waals surface area contributed by atoms with E-state index in [1.807, 2.05) is 45.3 Å². The minimum absolute atomic E-state index is 0.345. The van der Waals surface area contributed by atoms with E-state index in [2.05, 4.69) is 10.1 Å². The first kappa shape index (κ1) is 12.8. The Kier molecular flexibility index (Phi) is 2.81. The second-order valence-electron chi connectivity index (χ2n) is 5.59. The van der Waals surface area contributed by atoms with Crippen LogP contribution in [0.2, 0.25) is 0 Å². The Morgan fingerprint density at radius 3 is 2.47 bits per heavy atom. The van der Waals surface area contributed by atoms with Crippen molar-refractivity contribution in [2.45, 2.75) is 38.9 Å². The van der Waals surface area contributed by atoms with Crippen LogP contribution < -0.4 is 5.59 Å². The SMILES string of the molecule is CC1(C)OB(c2ccn(-c3nccs3)n2)OC1(C)C. The summed E-state index contributed by atoms with van der Waals surface area (Å²) in [7, 11) is -0.425. The zero-order valence-electron chi connectivity index (χ0n) is 11.5.